The quantitative estimate of drug-likeness (QED) is 0.328. The maximum atomic E-state index is 6.25. The van der Waals surface area contributed by atoms with Crippen molar-refractivity contribution in [2.24, 2.45) is 0 Å². The Kier molecular flexibility index (Phi) is 10.2. The molecule has 0 aliphatic rings. The van der Waals surface area contributed by atoms with E-state index in [0.717, 1.165) is 21.3 Å². The van der Waals surface area contributed by atoms with Crippen molar-refractivity contribution in [1.82, 2.24) is 10.3 Å². The molecule has 1 heterocycles. The van der Waals surface area contributed by atoms with Crippen LogP contribution in [0, 0.1) is 0 Å². The van der Waals surface area contributed by atoms with Crippen LogP contribution >= 0.6 is 51.5 Å². The Morgan fingerprint density at radius 1 is 1.03 bits per heavy atom. The number of rotatable bonds is 9. The highest BCUT2D eigenvalue weighted by Crippen LogP contribution is 2.38. The lowest BCUT2D eigenvalue weighted by Gasteiger charge is -2.16. The molecule has 1 N–H and O–H groups in total. The maximum Gasteiger partial charge on any atom is 0.175 e. The third-order valence-corrected chi connectivity index (χ3v) is 5.29. The van der Waals surface area contributed by atoms with Crippen LogP contribution in [0.1, 0.15) is 23.7 Å². The fourth-order valence-electron chi connectivity index (χ4n) is 2.75. The summed E-state index contributed by atoms with van der Waals surface area (Å²) in [5.41, 5.74) is 2.93. The molecule has 0 spiro atoms. The van der Waals surface area contributed by atoms with Crippen molar-refractivity contribution in [2.75, 3.05) is 6.61 Å². The van der Waals surface area contributed by atoms with Gasteiger partial charge >= 0.3 is 0 Å². The van der Waals surface area contributed by atoms with Crippen molar-refractivity contribution >= 4 is 51.5 Å². The molecule has 0 aliphatic carbocycles. The zero-order valence-electron chi connectivity index (χ0n) is 16.3. The van der Waals surface area contributed by atoms with Gasteiger partial charge in [0, 0.05) is 34.9 Å². The Morgan fingerprint density at radius 2 is 1.87 bits per heavy atom. The Balaban J connectivity index is 0.00000320. The molecular formula is C22H22BrCl3N2O2. The van der Waals surface area contributed by atoms with Gasteiger partial charge in [0.05, 0.1) is 16.8 Å². The normalized spacial score (nSPS) is 10.4. The van der Waals surface area contributed by atoms with Gasteiger partial charge in [-0.2, -0.15) is 0 Å². The Hall–Kier alpha value is -1.50. The first-order chi connectivity index (χ1) is 14.1. The Labute approximate surface area is 201 Å². The van der Waals surface area contributed by atoms with Gasteiger partial charge in [-0.3, -0.25) is 4.98 Å². The number of nitrogens with zero attached hydrogens (tertiary/aromatic N) is 1. The fourth-order valence-corrected chi connectivity index (χ4v) is 3.82. The third kappa shape index (κ3) is 7.03. The molecule has 3 rings (SSSR count). The average Bonchev–Trinajstić information content (AvgIpc) is 2.70. The zero-order valence-corrected chi connectivity index (χ0v) is 20.2. The smallest absolute Gasteiger partial charge is 0.175 e. The molecule has 2 aromatic carbocycles. The summed E-state index contributed by atoms with van der Waals surface area (Å²) in [6.07, 6.45) is 1.79. The third-order valence-electron chi connectivity index (χ3n) is 4.12. The number of aromatic nitrogens is 1. The molecule has 0 bridgehead atoms. The van der Waals surface area contributed by atoms with Crippen LogP contribution in [-0.4, -0.2) is 11.6 Å². The minimum absolute atomic E-state index is 0. The van der Waals surface area contributed by atoms with Crippen molar-refractivity contribution in [3.8, 4) is 11.5 Å². The van der Waals surface area contributed by atoms with Crippen LogP contribution in [0.25, 0.3) is 0 Å². The maximum absolute atomic E-state index is 6.25. The van der Waals surface area contributed by atoms with Crippen LogP contribution in [0.5, 0.6) is 11.5 Å². The van der Waals surface area contributed by atoms with E-state index in [1.54, 1.807) is 18.3 Å². The van der Waals surface area contributed by atoms with E-state index in [1.165, 1.54) is 0 Å². The molecule has 0 unspecified atom stereocenters. The Bertz CT molecular complexity index is 959. The molecule has 0 aliphatic heterocycles. The lowest BCUT2D eigenvalue weighted by molar-refractivity contribution is 0.267. The minimum Gasteiger partial charge on any atom is -0.490 e. The monoisotopic (exact) mass is 530 g/mol. The van der Waals surface area contributed by atoms with E-state index in [0.29, 0.717) is 47.8 Å². The molecule has 3 aromatic rings. The molecule has 0 radical (unpaired) electrons. The predicted octanol–water partition coefficient (Wildman–Crippen LogP) is 6.84. The summed E-state index contributed by atoms with van der Waals surface area (Å²) in [5.74, 6) is 1.33. The standard InChI is InChI=1S/C22H21BrCl2N2O2.ClH/c1-2-28-21-10-15(12-26-13-18-5-3-4-8-27-18)9-19(23)22(21)29-14-16-6-7-17(24)11-20(16)25;/h3-11,26H,2,12-14H2,1H3;1H. The largest absolute Gasteiger partial charge is 0.490 e. The summed E-state index contributed by atoms with van der Waals surface area (Å²) in [6, 6.07) is 15.2. The second-order valence-electron chi connectivity index (χ2n) is 6.29. The molecule has 4 nitrogen and oxygen atoms in total. The molecular weight excluding hydrogens is 511 g/mol. The number of nitrogens with one attached hydrogen (secondary N) is 1. The molecule has 0 saturated carbocycles. The van der Waals surface area contributed by atoms with Crippen LogP contribution in [0.2, 0.25) is 10.0 Å². The van der Waals surface area contributed by atoms with Gasteiger partial charge in [0.25, 0.3) is 0 Å². The van der Waals surface area contributed by atoms with Gasteiger partial charge in [-0.05, 0) is 64.8 Å². The number of hydrogen-bond donors (Lipinski definition) is 1. The number of halogens is 4. The minimum atomic E-state index is 0. The van der Waals surface area contributed by atoms with Crippen molar-refractivity contribution in [1.29, 1.82) is 0 Å². The molecule has 1 aromatic heterocycles. The highest BCUT2D eigenvalue weighted by Gasteiger charge is 2.13. The van der Waals surface area contributed by atoms with Gasteiger partial charge in [0.1, 0.15) is 6.61 Å². The van der Waals surface area contributed by atoms with Crippen molar-refractivity contribution in [2.45, 2.75) is 26.6 Å². The fraction of sp³-hybridized carbons (Fsp3) is 0.227. The van der Waals surface area contributed by atoms with Crippen LogP contribution in [0.3, 0.4) is 0 Å². The van der Waals surface area contributed by atoms with Gasteiger partial charge < -0.3 is 14.8 Å². The van der Waals surface area contributed by atoms with Gasteiger partial charge in [-0.15, -0.1) is 12.4 Å². The molecule has 8 heteroatoms. The molecule has 160 valence electrons. The first kappa shape index (κ1) is 24.8. The van der Waals surface area contributed by atoms with E-state index in [2.05, 4.69) is 26.2 Å². The number of ether oxygens (including phenoxy) is 2. The van der Waals surface area contributed by atoms with Crippen LogP contribution in [0.15, 0.2) is 59.2 Å². The Morgan fingerprint density at radius 3 is 2.57 bits per heavy atom. The van der Waals surface area contributed by atoms with Crippen LogP contribution in [0.4, 0.5) is 0 Å². The van der Waals surface area contributed by atoms with E-state index < -0.39 is 0 Å². The average molecular weight is 533 g/mol. The van der Waals surface area contributed by atoms with Gasteiger partial charge in [0.2, 0.25) is 0 Å². The molecule has 0 fully saturated rings. The van der Waals surface area contributed by atoms with Crippen LogP contribution in [-0.2, 0) is 19.7 Å². The van der Waals surface area contributed by atoms with Crippen molar-refractivity contribution in [3.63, 3.8) is 0 Å². The molecule has 0 atom stereocenters. The number of hydrogen-bond acceptors (Lipinski definition) is 4. The lowest BCUT2D eigenvalue weighted by atomic mass is 10.2. The summed E-state index contributed by atoms with van der Waals surface area (Å²) < 4.78 is 12.7. The number of benzene rings is 2. The summed E-state index contributed by atoms with van der Waals surface area (Å²) in [4.78, 5) is 4.32. The van der Waals surface area contributed by atoms with E-state index in [1.807, 2.05) is 43.3 Å². The van der Waals surface area contributed by atoms with Gasteiger partial charge in [0.15, 0.2) is 11.5 Å². The van der Waals surface area contributed by atoms with Crippen LogP contribution < -0.4 is 14.8 Å². The van der Waals surface area contributed by atoms with E-state index >= 15 is 0 Å². The highest BCUT2D eigenvalue weighted by atomic mass is 79.9. The second kappa shape index (κ2) is 12.4. The molecule has 0 amide bonds. The van der Waals surface area contributed by atoms with Gasteiger partial charge in [-0.25, -0.2) is 0 Å². The van der Waals surface area contributed by atoms with E-state index in [4.69, 9.17) is 32.7 Å². The second-order valence-corrected chi connectivity index (χ2v) is 7.98. The predicted molar refractivity (Wildman–Crippen MR) is 128 cm³/mol. The summed E-state index contributed by atoms with van der Waals surface area (Å²) in [7, 11) is 0. The van der Waals surface area contributed by atoms with Crippen molar-refractivity contribution < 1.29 is 9.47 Å². The van der Waals surface area contributed by atoms with E-state index in [-0.39, 0.29) is 12.4 Å². The first-order valence-corrected chi connectivity index (χ1v) is 10.7. The lowest BCUT2D eigenvalue weighted by Crippen LogP contribution is -2.14. The topological polar surface area (TPSA) is 43.4 Å². The van der Waals surface area contributed by atoms with Gasteiger partial charge in [-0.1, -0.05) is 35.3 Å². The first-order valence-electron chi connectivity index (χ1n) is 9.19. The summed E-state index contributed by atoms with van der Waals surface area (Å²) in [6.45, 7) is 4.16. The summed E-state index contributed by atoms with van der Waals surface area (Å²) >= 11 is 15.8. The SMILES string of the molecule is CCOc1cc(CNCc2ccccn2)cc(Br)c1OCc1ccc(Cl)cc1Cl.Cl. The summed E-state index contributed by atoms with van der Waals surface area (Å²) in [5, 5.41) is 4.56. The molecule has 30 heavy (non-hydrogen) atoms. The molecule has 0 saturated heterocycles. The van der Waals surface area contributed by atoms with E-state index in [9.17, 15) is 0 Å². The highest BCUT2D eigenvalue weighted by molar-refractivity contribution is 9.10. The number of pyridine rings is 1. The van der Waals surface area contributed by atoms with Crippen molar-refractivity contribution in [3.05, 3.63) is 86.1 Å². The zero-order chi connectivity index (χ0) is 20.6.